The molecule has 2 aliphatic carbocycles. The maximum Gasteiger partial charge on any atom is 0.310 e. The van der Waals surface area contributed by atoms with Gasteiger partial charge in [0.25, 0.3) is 0 Å². The fourth-order valence-corrected chi connectivity index (χ4v) is 3.43. The molecule has 0 aromatic carbocycles. The Kier molecular flexibility index (Phi) is 4.08. The van der Waals surface area contributed by atoms with Crippen molar-refractivity contribution in [1.29, 1.82) is 0 Å². The molecule has 0 saturated heterocycles. The number of carboxylic acid groups (broad SMARTS) is 1. The molecule has 0 heterocycles. The van der Waals surface area contributed by atoms with Gasteiger partial charge in [0.05, 0.1) is 5.41 Å². The van der Waals surface area contributed by atoms with Crippen LogP contribution in [0.5, 0.6) is 0 Å². The Morgan fingerprint density at radius 1 is 1.24 bits per heavy atom. The van der Waals surface area contributed by atoms with Crippen LogP contribution in [0.15, 0.2) is 0 Å². The molecule has 2 fully saturated rings. The SMILES string of the molecule is CN(CC1CCCCC1)CC1(C(=O)O)CCC1. The third-order valence-electron chi connectivity index (χ3n) is 4.63. The summed E-state index contributed by atoms with van der Waals surface area (Å²) in [6.45, 7) is 1.84. The molecule has 0 aliphatic heterocycles. The van der Waals surface area contributed by atoms with Crippen LogP contribution in [-0.4, -0.2) is 36.1 Å². The van der Waals surface area contributed by atoms with E-state index < -0.39 is 11.4 Å². The lowest BCUT2D eigenvalue weighted by Gasteiger charge is -2.41. The summed E-state index contributed by atoms with van der Waals surface area (Å²) in [5, 5.41) is 9.31. The highest BCUT2D eigenvalue weighted by Crippen LogP contribution is 2.41. The topological polar surface area (TPSA) is 40.5 Å². The maximum absolute atomic E-state index is 11.3. The minimum Gasteiger partial charge on any atom is -0.481 e. The standard InChI is InChI=1S/C14H25NO2/c1-15(10-12-6-3-2-4-7-12)11-14(13(16)17)8-5-9-14/h12H,2-11H2,1H3,(H,16,17). The molecule has 3 heteroatoms. The Balaban J connectivity index is 1.79. The fraction of sp³-hybridized carbons (Fsp3) is 0.929. The van der Waals surface area contributed by atoms with Crippen molar-refractivity contribution in [3.05, 3.63) is 0 Å². The van der Waals surface area contributed by atoms with Crippen molar-refractivity contribution < 1.29 is 9.90 Å². The summed E-state index contributed by atoms with van der Waals surface area (Å²) in [7, 11) is 2.09. The first-order valence-electron chi connectivity index (χ1n) is 7.04. The zero-order valence-corrected chi connectivity index (χ0v) is 11.0. The molecule has 0 aromatic rings. The molecule has 2 aliphatic rings. The van der Waals surface area contributed by atoms with Gasteiger partial charge in [-0.1, -0.05) is 25.7 Å². The van der Waals surface area contributed by atoms with Gasteiger partial charge in [0.1, 0.15) is 0 Å². The van der Waals surface area contributed by atoms with E-state index in [4.69, 9.17) is 0 Å². The quantitative estimate of drug-likeness (QED) is 0.802. The first-order chi connectivity index (χ1) is 8.12. The number of hydrogen-bond donors (Lipinski definition) is 1. The number of nitrogens with zero attached hydrogens (tertiary/aromatic N) is 1. The minimum atomic E-state index is -0.584. The van der Waals surface area contributed by atoms with Crippen LogP contribution in [0.2, 0.25) is 0 Å². The molecular formula is C14H25NO2. The highest BCUT2D eigenvalue weighted by molar-refractivity contribution is 5.76. The van der Waals surface area contributed by atoms with Crippen molar-refractivity contribution in [1.82, 2.24) is 4.90 Å². The van der Waals surface area contributed by atoms with Crippen molar-refractivity contribution >= 4 is 5.97 Å². The van der Waals surface area contributed by atoms with E-state index in [1.165, 1.54) is 32.1 Å². The van der Waals surface area contributed by atoms with Crippen LogP contribution in [0, 0.1) is 11.3 Å². The van der Waals surface area contributed by atoms with Crippen LogP contribution in [0.25, 0.3) is 0 Å². The van der Waals surface area contributed by atoms with Gasteiger partial charge >= 0.3 is 5.97 Å². The van der Waals surface area contributed by atoms with Crippen LogP contribution >= 0.6 is 0 Å². The third kappa shape index (κ3) is 3.01. The van der Waals surface area contributed by atoms with Crippen molar-refractivity contribution in [2.75, 3.05) is 20.1 Å². The van der Waals surface area contributed by atoms with Gasteiger partial charge in [0.15, 0.2) is 0 Å². The van der Waals surface area contributed by atoms with Gasteiger partial charge < -0.3 is 10.0 Å². The highest BCUT2D eigenvalue weighted by atomic mass is 16.4. The Labute approximate surface area is 104 Å². The fourth-order valence-electron chi connectivity index (χ4n) is 3.43. The lowest BCUT2D eigenvalue weighted by molar-refractivity contribution is -0.156. The van der Waals surface area contributed by atoms with Gasteiger partial charge in [-0.3, -0.25) is 4.79 Å². The molecule has 0 atom stereocenters. The van der Waals surface area contributed by atoms with Crippen LogP contribution < -0.4 is 0 Å². The van der Waals surface area contributed by atoms with Gasteiger partial charge in [-0.2, -0.15) is 0 Å². The van der Waals surface area contributed by atoms with Crippen LogP contribution in [-0.2, 0) is 4.79 Å². The molecule has 0 radical (unpaired) electrons. The summed E-state index contributed by atoms with van der Waals surface area (Å²) in [5.41, 5.74) is -0.413. The summed E-state index contributed by atoms with van der Waals surface area (Å²) in [6.07, 6.45) is 9.62. The van der Waals surface area contributed by atoms with E-state index in [1.54, 1.807) is 0 Å². The number of carboxylic acids is 1. The van der Waals surface area contributed by atoms with E-state index in [1.807, 2.05) is 0 Å². The van der Waals surface area contributed by atoms with E-state index in [-0.39, 0.29) is 0 Å². The van der Waals surface area contributed by atoms with Crippen molar-refractivity contribution in [3.63, 3.8) is 0 Å². The number of hydrogen-bond acceptors (Lipinski definition) is 2. The predicted molar refractivity (Wildman–Crippen MR) is 68.0 cm³/mol. The van der Waals surface area contributed by atoms with Gasteiger partial charge in [-0.25, -0.2) is 0 Å². The first kappa shape index (κ1) is 12.9. The van der Waals surface area contributed by atoms with Gasteiger partial charge in [0.2, 0.25) is 0 Å². The van der Waals surface area contributed by atoms with Gasteiger partial charge in [-0.15, -0.1) is 0 Å². The van der Waals surface area contributed by atoms with Gasteiger partial charge in [-0.05, 0) is 38.6 Å². The minimum absolute atomic E-state index is 0.413. The molecule has 0 aromatic heterocycles. The first-order valence-corrected chi connectivity index (χ1v) is 7.04. The van der Waals surface area contributed by atoms with Crippen LogP contribution in [0.4, 0.5) is 0 Å². The summed E-state index contributed by atoms with van der Waals surface area (Å²) < 4.78 is 0. The normalized spacial score (nSPS) is 24.6. The zero-order chi connectivity index (χ0) is 12.3. The lowest BCUT2D eigenvalue weighted by atomic mass is 9.68. The highest BCUT2D eigenvalue weighted by Gasteiger charge is 2.45. The van der Waals surface area contributed by atoms with Crippen LogP contribution in [0.1, 0.15) is 51.4 Å². The maximum atomic E-state index is 11.3. The Bertz CT molecular complexity index is 267. The summed E-state index contributed by atoms with van der Waals surface area (Å²) in [6, 6.07) is 0. The second kappa shape index (κ2) is 5.38. The third-order valence-corrected chi connectivity index (χ3v) is 4.63. The number of aliphatic carboxylic acids is 1. The zero-order valence-electron chi connectivity index (χ0n) is 11.0. The second-order valence-corrected chi connectivity index (χ2v) is 6.14. The number of carbonyl (C=O) groups is 1. The van der Waals surface area contributed by atoms with E-state index in [2.05, 4.69) is 11.9 Å². The average molecular weight is 239 g/mol. The molecular weight excluding hydrogens is 214 g/mol. The Hall–Kier alpha value is -0.570. The summed E-state index contributed by atoms with van der Waals surface area (Å²) in [4.78, 5) is 13.6. The monoisotopic (exact) mass is 239 g/mol. The molecule has 17 heavy (non-hydrogen) atoms. The van der Waals surface area contributed by atoms with Crippen molar-refractivity contribution in [3.8, 4) is 0 Å². The molecule has 0 amide bonds. The molecule has 3 nitrogen and oxygen atoms in total. The van der Waals surface area contributed by atoms with Gasteiger partial charge in [0, 0.05) is 13.1 Å². The average Bonchev–Trinajstić information content (AvgIpc) is 2.24. The number of rotatable bonds is 5. The molecule has 1 N–H and O–H groups in total. The molecule has 0 spiro atoms. The molecule has 2 rings (SSSR count). The second-order valence-electron chi connectivity index (χ2n) is 6.14. The summed E-state index contributed by atoms with van der Waals surface area (Å²) in [5.74, 6) is 0.221. The van der Waals surface area contributed by atoms with E-state index in [9.17, 15) is 9.90 Å². The van der Waals surface area contributed by atoms with E-state index >= 15 is 0 Å². The van der Waals surface area contributed by atoms with Crippen LogP contribution in [0.3, 0.4) is 0 Å². The predicted octanol–water partition coefficient (Wildman–Crippen LogP) is 2.75. The molecule has 0 bridgehead atoms. The largest absolute Gasteiger partial charge is 0.481 e. The molecule has 98 valence electrons. The molecule has 2 saturated carbocycles. The Morgan fingerprint density at radius 3 is 2.35 bits per heavy atom. The smallest absolute Gasteiger partial charge is 0.310 e. The van der Waals surface area contributed by atoms with E-state index in [0.717, 1.165) is 38.3 Å². The van der Waals surface area contributed by atoms with Crippen molar-refractivity contribution in [2.24, 2.45) is 11.3 Å². The Morgan fingerprint density at radius 2 is 1.88 bits per heavy atom. The summed E-state index contributed by atoms with van der Waals surface area (Å²) >= 11 is 0. The van der Waals surface area contributed by atoms with E-state index in [0.29, 0.717) is 0 Å². The van der Waals surface area contributed by atoms with Crippen molar-refractivity contribution in [2.45, 2.75) is 51.4 Å². The molecule has 0 unspecified atom stereocenters. The lowest BCUT2D eigenvalue weighted by Crippen LogP contribution is -2.47.